The van der Waals surface area contributed by atoms with Crippen LogP contribution in [0.2, 0.25) is 0 Å². The van der Waals surface area contributed by atoms with Crippen molar-refractivity contribution in [3.8, 4) is 0 Å². The predicted molar refractivity (Wildman–Crippen MR) is 33.0 cm³/mol. The maximum atomic E-state index is 8.93. The third-order valence-corrected chi connectivity index (χ3v) is 0.859. The van der Waals surface area contributed by atoms with Crippen molar-refractivity contribution in [1.29, 1.82) is 0 Å². The van der Waals surface area contributed by atoms with Crippen LogP contribution in [0.3, 0.4) is 0 Å². The Balaban J connectivity index is 2.78. The molecule has 0 radical (unpaired) electrons. The monoisotopic (exact) mass is 128 g/mol. The van der Waals surface area contributed by atoms with Crippen LogP contribution in [0.5, 0.6) is 0 Å². The number of hydrogen-bond donors (Lipinski definition) is 4. The average Bonchev–Trinajstić information content (AvgIpc) is 1.60. The maximum Gasteiger partial charge on any atom is 0.236 e. The number of aliphatic hydroxyl groups is 1. The number of rotatable bonds is 0. The number of hydrogen-bond acceptors (Lipinski definition) is 5. The summed E-state index contributed by atoms with van der Waals surface area (Å²) in [6.45, 7) is 0. The Labute approximate surface area is 52.1 Å². The van der Waals surface area contributed by atoms with Gasteiger partial charge in [0.05, 0.1) is 0 Å². The number of aliphatic imine (C=N–C) groups is 1. The van der Waals surface area contributed by atoms with Gasteiger partial charge in [-0.3, -0.25) is 5.73 Å². The topological polar surface area (TPSA) is 96.7 Å². The lowest BCUT2D eigenvalue weighted by Crippen LogP contribution is -2.44. The van der Waals surface area contributed by atoms with E-state index in [0.29, 0.717) is 0 Å². The van der Waals surface area contributed by atoms with Crippen LogP contribution in [0.25, 0.3) is 0 Å². The molecular weight excluding hydrogens is 120 g/mol. The van der Waals surface area contributed by atoms with Gasteiger partial charge < -0.3 is 16.2 Å². The first-order valence-corrected chi connectivity index (χ1v) is 2.41. The summed E-state index contributed by atoms with van der Waals surface area (Å²) in [7, 11) is 0. The molecular formula is C4H8N4O. The van der Waals surface area contributed by atoms with Crippen molar-refractivity contribution < 1.29 is 5.11 Å². The number of nitrogens with zero attached hydrogens (tertiary/aromatic N) is 1. The third kappa shape index (κ3) is 1.41. The summed E-state index contributed by atoms with van der Waals surface area (Å²) in [5.41, 5.74) is 10.3. The molecule has 1 rings (SSSR count). The summed E-state index contributed by atoms with van der Waals surface area (Å²) in [6.07, 6.45) is 2.73. The van der Waals surface area contributed by atoms with Crippen molar-refractivity contribution >= 4 is 5.96 Å². The summed E-state index contributed by atoms with van der Waals surface area (Å²) in [6, 6.07) is 0. The third-order valence-electron chi connectivity index (χ3n) is 0.859. The molecule has 0 amide bonds. The van der Waals surface area contributed by atoms with E-state index < -0.39 is 5.85 Å². The highest BCUT2D eigenvalue weighted by molar-refractivity contribution is 5.80. The van der Waals surface area contributed by atoms with Gasteiger partial charge in [0.2, 0.25) is 5.85 Å². The summed E-state index contributed by atoms with van der Waals surface area (Å²) in [5, 5.41) is 11.5. The fourth-order valence-corrected chi connectivity index (χ4v) is 0.512. The van der Waals surface area contributed by atoms with Crippen molar-refractivity contribution in [2.24, 2.45) is 16.5 Å². The standard InChI is InChI=1S/C4H8N4O/c5-3-7-2-1-4(6,9)8-3/h1-2,9H,6H2,(H3,5,7,8)/t4-/m0/s1. The van der Waals surface area contributed by atoms with Gasteiger partial charge in [-0.05, 0) is 0 Å². The molecule has 1 atom stereocenters. The Bertz CT molecular complexity index is 171. The van der Waals surface area contributed by atoms with E-state index in [1.807, 2.05) is 0 Å². The van der Waals surface area contributed by atoms with Crippen LogP contribution in [-0.4, -0.2) is 16.9 Å². The first-order chi connectivity index (χ1) is 4.10. The molecule has 50 valence electrons. The molecule has 5 heteroatoms. The summed E-state index contributed by atoms with van der Waals surface area (Å²) in [5.74, 6) is -1.52. The van der Waals surface area contributed by atoms with Gasteiger partial charge in [0.1, 0.15) is 0 Å². The molecule has 0 saturated heterocycles. The zero-order valence-electron chi connectivity index (χ0n) is 4.70. The molecule has 0 aromatic heterocycles. The minimum Gasteiger partial charge on any atom is -0.370 e. The lowest BCUT2D eigenvalue weighted by atomic mass is 10.4. The van der Waals surface area contributed by atoms with Gasteiger partial charge in [-0.1, -0.05) is 0 Å². The number of nitrogens with two attached hydrogens (primary N) is 2. The van der Waals surface area contributed by atoms with Crippen molar-refractivity contribution in [2.75, 3.05) is 0 Å². The van der Waals surface area contributed by atoms with Gasteiger partial charge in [-0.25, -0.2) is 0 Å². The fourth-order valence-electron chi connectivity index (χ4n) is 0.512. The molecule has 0 saturated carbocycles. The minimum atomic E-state index is -1.63. The minimum absolute atomic E-state index is 0.113. The number of guanidine groups is 1. The van der Waals surface area contributed by atoms with Gasteiger partial charge in [0, 0.05) is 12.3 Å². The van der Waals surface area contributed by atoms with E-state index in [1.165, 1.54) is 12.3 Å². The summed E-state index contributed by atoms with van der Waals surface area (Å²) in [4.78, 5) is 3.44. The lowest BCUT2D eigenvalue weighted by Gasteiger charge is -2.17. The summed E-state index contributed by atoms with van der Waals surface area (Å²) < 4.78 is 0. The molecule has 0 fully saturated rings. The molecule has 1 aliphatic heterocycles. The van der Waals surface area contributed by atoms with Gasteiger partial charge in [-0.2, -0.15) is 4.99 Å². The zero-order valence-corrected chi connectivity index (χ0v) is 4.70. The van der Waals surface area contributed by atoms with E-state index in [1.54, 1.807) is 0 Å². The van der Waals surface area contributed by atoms with Crippen molar-refractivity contribution in [2.45, 2.75) is 5.85 Å². The van der Waals surface area contributed by atoms with Crippen molar-refractivity contribution in [3.05, 3.63) is 12.3 Å². The Hall–Kier alpha value is -1.07. The van der Waals surface area contributed by atoms with Crippen LogP contribution < -0.4 is 16.8 Å². The van der Waals surface area contributed by atoms with Crippen LogP contribution in [0.4, 0.5) is 0 Å². The average molecular weight is 128 g/mol. The molecule has 5 nitrogen and oxygen atoms in total. The highest BCUT2D eigenvalue weighted by Crippen LogP contribution is 2.00. The largest absolute Gasteiger partial charge is 0.370 e. The highest BCUT2D eigenvalue weighted by atomic mass is 16.3. The smallest absolute Gasteiger partial charge is 0.236 e. The Kier molecular flexibility index (Phi) is 1.15. The molecule has 0 aromatic rings. The Morgan fingerprint density at radius 1 is 1.78 bits per heavy atom. The number of nitrogens with one attached hydrogen (secondary N) is 1. The first kappa shape index (κ1) is 6.06. The van der Waals surface area contributed by atoms with Crippen molar-refractivity contribution in [3.63, 3.8) is 0 Å². The molecule has 0 spiro atoms. The van der Waals surface area contributed by atoms with Crippen LogP contribution >= 0.6 is 0 Å². The zero-order chi connectivity index (χ0) is 6.91. The molecule has 6 N–H and O–H groups in total. The predicted octanol–water partition coefficient (Wildman–Crippen LogP) is -1.98. The molecule has 0 aromatic carbocycles. The Morgan fingerprint density at radius 3 is 2.78 bits per heavy atom. The molecule has 0 bridgehead atoms. The Morgan fingerprint density at radius 2 is 2.44 bits per heavy atom. The lowest BCUT2D eigenvalue weighted by molar-refractivity contribution is 0.106. The van der Waals surface area contributed by atoms with Crippen LogP contribution in [0, 0.1) is 0 Å². The fraction of sp³-hybridized carbons (Fsp3) is 0.250. The molecule has 1 aliphatic rings. The van der Waals surface area contributed by atoms with Gasteiger partial charge in [0.15, 0.2) is 5.96 Å². The van der Waals surface area contributed by atoms with Gasteiger partial charge >= 0.3 is 0 Å². The highest BCUT2D eigenvalue weighted by Gasteiger charge is 2.17. The van der Waals surface area contributed by atoms with Gasteiger partial charge in [0.25, 0.3) is 0 Å². The SMILES string of the molecule is NC1=N[C@](N)(O)C=CN1. The first-order valence-electron chi connectivity index (χ1n) is 2.41. The maximum absolute atomic E-state index is 8.93. The molecule has 0 aliphatic carbocycles. The quantitative estimate of drug-likeness (QED) is 0.284. The van der Waals surface area contributed by atoms with Crippen LogP contribution in [0.15, 0.2) is 17.3 Å². The normalized spacial score (nSPS) is 33.3. The van der Waals surface area contributed by atoms with Crippen molar-refractivity contribution in [1.82, 2.24) is 5.32 Å². The second kappa shape index (κ2) is 1.71. The second-order valence-corrected chi connectivity index (χ2v) is 1.76. The molecule has 9 heavy (non-hydrogen) atoms. The van der Waals surface area contributed by atoms with E-state index in [4.69, 9.17) is 16.6 Å². The summed E-state index contributed by atoms with van der Waals surface area (Å²) >= 11 is 0. The van der Waals surface area contributed by atoms with E-state index in [9.17, 15) is 0 Å². The molecule has 1 heterocycles. The van der Waals surface area contributed by atoms with E-state index in [-0.39, 0.29) is 5.96 Å². The van der Waals surface area contributed by atoms with Crippen LogP contribution in [0.1, 0.15) is 0 Å². The van der Waals surface area contributed by atoms with Crippen LogP contribution in [-0.2, 0) is 0 Å². The second-order valence-electron chi connectivity index (χ2n) is 1.76. The molecule has 0 unspecified atom stereocenters. The van der Waals surface area contributed by atoms with E-state index in [2.05, 4.69) is 10.3 Å². The van der Waals surface area contributed by atoms with E-state index >= 15 is 0 Å². The van der Waals surface area contributed by atoms with Gasteiger partial charge in [-0.15, -0.1) is 0 Å². The van der Waals surface area contributed by atoms with E-state index in [0.717, 1.165) is 0 Å².